The summed E-state index contributed by atoms with van der Waals surface area (Å²) in [5, 5.41) is 22.3. The van der Waals surface area contributed by atoms with Gasteiger partial charge in [0.15, 0.2) is 0 Å². The van der Waals surface area contributed by atoms with Crippen LogP contribution in [0.1, 0.15) is 116 Å². The molecular weight excluding hydrogens is 524 g/mol. The largest absolute Gasteiger partial charge is 0.279 e. The van der Waals surface area contributed by atoms with Gasteiger partial charge in [0, 0.05) is 12.1 Å². The van der Waals surface area contributed by atoms with E-state index in [1.165, 1.54) is 18.2 Å². The van der Waals surface area contributed by atoms with E-state index >= 15 is 0 Å². The molecule has 0 aliphatic heterocycles. The Kier molecular flexibility index (Phi) is 79.5. The monoisotopic (exact) mass is 595 g/mol. The number of nitro benzene ring substituents is 2. The standard InChI is InChI=1S/C14H20N2O4.6C3H6.C2H6.2CH4/c1-5-9(2)10(3)11(4)14-12(15(17)18)7-6-8-13(14)16(19)20;6*1-3-2;1-2;;/h6-11H,5H2,1-4H3;6*3H,1H2,2H3;1-2H3;2*1H4. The molecule has 0 aliphatic rings. The topological polar surface area (TPSA) is 86.3 Å². The lowest BCUT2D eigenvalue weighted by molar-refractivity contribution is -0.396. The molecule has 0 saturated heterocycles. The van der Waals surface area contributed by atoms with E-state index in [2.05, 4.69) is 46.4 Å². The average molecular weight is 595 g/mol. The maximum Gasteiger partial charge on any atom is 0.279 e. The molecule has 0 radical (unpaired) electrons. The molecule has 0 aromatic heterocycles. The summed E-state index contributed by atoms with van der Waals surface area (Å²) in [6, 6.07) is 4.03. The quantitative estimate of drug-likeness (QED) is 0.186. The lowest BCUT2D eigenvalue weighted by Crippen LogP contribution is -2.17. The average Bonchev–Trinajstić information content (AvgIpc) is 2.90. The van der Waals surface area contributed by atoms with Crippen molar-refractivity contribution in [2.75, 3.05) is 0 Å². The summed E-state index contributed by atoms with van der Waals surface area (Å²) in [6.07, 6.45) is 11.4. The van der Waals surface area contributed by atoms with Crippen molar-refractivity contribution in [2.24, 2.45) is 11.8 Å². The van der Waals surface area contributed by atoms with Gasteiger partial charge in [-0.05, 0) is 65.4 Å². The molecule has 3 atom stereocenters. The second-order valence-corrected chi connectivity index (χ2v) is 7.71. The zero-order valence-corrected chi connectivity index (χ0v) is 27.9. The Bertz CT molecular complexity index is 693. The predicted octanol–water partition coefficient (Wildman–Crippen LogP) is 13.7. The summed E-state index contributed by atoms with van der Waals surface area (Å²) in [5.41, 5.74) is -0.0981. The molecule has 248 valence electrons. The van der Waals surface area contributed by atoms with E-state index in [4.69, 9.17) is 0 Å². The summed E-state index contributed by atoms with van der Waals surface area (Å²) in [7, 11) is 0. The first-order valence-corrected chi connectivity index (χ1v) is 13.6. The third kappa shape index (κ3) is 43.5. The highest BCUT2D eigenvalue weighted by Crippen LogP contribution is 2.40. The Morgan fingerprint density at radius 2 is 0.881 bits per heavy atom. The Labute approximate surface area is 263 Å². The van der Waals surface area contributed by atoms with Crippen LogP contribution in [0.4, 0.5) is 11.4 Å². The van der Waals surface area contributed by atoms with Gasteiger partial charge in [-0.15, -0.1) is 39.5 Å². The summed E-state index contributed by atoms with van der Waals surface area (Å²) in [4.78, 5) is 21.2. The smallest absolute Gasteiger partial charge is 0.258 e. The Morgan fingerprint density at radius 1 is 0.667 bits per heavy atom. The highest BCUT2D eigenvalue weighted by molar-refractivity contribution is 5.55. The Balaban J connectivity index is -0.0000000585. The van der Waals surface area contributed by atoms with Gasteiger partial charge in [-0.1, -0.05) is 99.3 Å². The Hall–Kier alpha value is -3.54. The van der Waals surface area contributed by atoms with Crippen LogP contribution in [0.15, 0.2) is 94.1 Å². The van der Waals surface area contributed by atoms with Crippen LogP contribution in [0.25, 0.3) is 0 Å². The van der Waals surface area contributed by atoms with Crippen LogP contribution in [0.5, 0.6) is 0 Å². The van der Waals surface area contributed by atoms with Gasteiger partial charge in [0.05, 0.1) is 9.85 Å². The maximum atomic E-state index is 11.1. The van der Waals surface area contributed by atoms with Gasteiger partial charge in [0.1, 0.15) is 5.56 Å². The molecule has 42 heavy (non-hydrogen) atoms. The molecule has 1 rings (SSSR count). The van der Waals surface area contributed by atoms with Crippen LogP contribution in [0.2, 0.25) is 0 Å². The van der Waals surface area contributed by atoms with Gasteiger partial charge in [0.2, 0.25) is 0 Å². The van der Waals surface area contributed by atoms with Gasteiger partial charge in [0.25, 0.3) is 11.4 Å². The number of hydrogen-bond donors (Lipinski definition) is 0. The molecule has 6 heteroatoms. The fourth-order valence-electron chi connectivity index (χ4n) is 2.45. The fourth-order valence-corrected chi connectivity index (χ4v) is 2.45. The third-order valence-corrected chi connectivity index (χ3v) is 4.24. The van der Waals surface area contributed by atoms with Crippen LogP contribution in [-0.4, -0.2) is 9.85 Å². The number of nitro groups is 2. The van der Waals surface area contributed by atoms with Crippen molar-refractivity contribution < 1.29 is 9.85 Å². The fraction of sp³-hybridized carbons (Fsp3) is 0.500. The van der Waals surface area contributed by atoms with Crippen molar-refractivity contribution in [3.8, 4) is 0 Å². The van der Waals surface area contributed by atoms with Crippen LogP contribution < -0.4 is 0 Å². The number of nitrogens with zero attached hydrogens (tertiary/aromatic N) is 2. The van der Waals surface area contributed by atoms with Crippen molar-refractivity contribution in [3.63, 3.8) is 0 Å². The molecule has 0 N–H and O–H groups in total. The highest BCUT2D eigenvalue weighted by atomic mass is 16.6. The minimum atomic E-state index is -0.540. The van der Waals surface area contributed by atoms with Crippen molar-refractivity contribution in [3.05, 3.63) is 120 Å². The van der Waals surface area contributed by atoms with Gasteiger partial charge < -0.3 is 0 Å². The zero-order valence-electron chi connectivity index (χ0n) is 27.9. The molecule has 0 amide bonds. The first-order chi connectivity index (χ1) is 18.8. The SMILES string of the molecule is C.C.C=CC.C=CC.C=CC.C=CC.C=CC.C=CC.CC.CCC(C)C(C)C(C)c1c([N+](=O)[O-])cccc1[N+](=O)[O-]. The zero-order chi connectivity index (χ0) is 33.7. The number of rotatable bonds is 6. The van der Waals surface area contributed by atoms with Crippen LogP contribution in [0, 0.1) is 32.1 Å². The minimum absolute atomic E-state index is 0. The first kappa shape index (κ1) is 62.2. The van der Waals surface area contributed by atoms with Gasteiger partial charge in [-0.25, -0.2) is 0 Å². The number of allylic oxidation sites excluding steroid dienone is 6. The molecule has 1 aromatic rings. The van der Waals surface area contributed by atoms with E-state index in [0.717, 1.165) is 6.42 Å². The second-order valence-electron chi connectivity index (χ2n) is 7.71. The molecule has 0 fully saturated rings. The van der Waals surface area contributed by atoms with Crippen LogP contribution in [0.3, 0.4) is 0 Å². The van der Waals surface area contributed by atoms with Gasteiger partial charge in [-0.2, -0.15) is 0 Å². The summed E-state index contributed by atoms with van der Waals surface area (Å²) < 4.78 is 0. The van der Waals surface area contributed by atoms with Crippen LogP contribution in [-0.2, 0) is 0 Å². The second kappa shape index (κ2) is 53.7. The number of hydrogen-bond acceptors (Lipinski definition) is 4. The van der Waals surface area contributed by atoms with E-state index in [-0.39, 0.29) is 43.6 Å². The molecule has 3 unspecified atom stereocenters. The van der Waals surface area contributed by atoms with Crippen molar-refractivity contribution in [1.82, 2.24) is 0 Å². The molecule has 0 heterocycles. The van der Waals surface area contributed by atoms with Gasteiger partial charge in [-0.3, -0.25) is 20.2 Å². The van der Waals surface area contributed by atoms with Gasteiger partial charge >= 0.3 is 0 Å². The van der Waals surface area contributed by atoms with E-state index in [1.807, 2.05) is 76.2 Å². The summed E-state index contributed by atoms with van der Waals surface area (Å²) >= 11 is 0. The Morgan fingerprint density at radius 3 is 1.05 bits per heavy atom. The third-order valence-electron chi connectivity index (χ3n) is 4.24. The lowest BCUT2D eigenvalue weighted by Gasteiger charge is -2.25. The van der Waals surface area contributed by atoms with Crippen molar-refractivity contribution >= 4 is 11.4 Å². The van der Waals surface area contributed by atoms with E-state index in [9.17, 15) is 20.2 Å². The van der Waals surface area contributed by atoms with E-state index < -0.39 is 9.85 Å². The summed E-state index contributed by atoms with van der Waals surface area (Å²) in [5.74, 6) is 0.219. The van der Waals surface area contributed by atoms with Crippen molar-refractivity contribution in [2.45, 2.75) is 110 Å². The van der Waals surface area contributed by atoms with Crippen molar-refractivity contribution in [1.29, 1.82) is 0 Å². The molecule has 0 spiro atoms. The van der Waals surface area contributed by atoms with E-state index in [0.29, 0.717) is 5.92 Å². The summed E-state index contributed by atoms with van der Waals surface area (Å²) in [6.45, 7) is 43.4. The van der Waals surface area contributed by atoms with E-state index in [1.54, 1.807) is 36.5 Å². The molecular formula is C36H70N2O4. The molecule has 0 saturated carbocycles. The first-order valence-electron chi connectivity index (χ1n) is 13.6. The molecule has 1 aromatic carbocycles. The normalized spacial score (nSPS) is 9.33. The maximum absolute atomic E-state index is 11.1. The predicted molar refractivity (Wildman–Crippen MR) is 197 cm³/mol. The molecule has 6 nitrogen and oxygen atoms in total. The minimum Gasteiger partial charge on any atom is -0.258 e. The highest BCUT2D eigenvalue weighted by Gasteiger charge is 2.32. The molecule has 0 aliphatic carbocycles. The number of benzene rings is 1. The lowest BCUT2D eigenvalue weighted by atomic mass is 9.79. The molecule has 0 bridgehead atoms. The van der Waals surface area contributed by atoms with Crippen LogP contribution >= 0.6 is 0 Å².